The number of hydrogen-bond donors (Lipinski definition) is 3. The Bertz CT molecular complexity index is 1250. The number of hydrogen-bond acceptors (Lipinski definition) is 7. The predicted molar refractivity (Wildman–Crippen MR) is 156 cm³/mol. The molecule has 1 saturated carbocycles. The number of rotatable bonds is 10. The summed E-state index contributed by atoms with van der Waals surface area (Å²) >= 11 is 4.23. The van der Waals surface area contributed by atoms with Gasteiger partial charge in [-0.3, -0.25) is 14.4 Å². The second kappa shape index (κ2) is 13.3. The highest BCUT2D eigenvalue weighted by molar-refractivity contribution is 8.01. The van der Waals surface area contributed by atoms with Gasteiger partial charge >= 0.3 is 0 Å². The number of carbonyl (C=O) groups is 3. The van der Waals surface area contributed by atoms with E-state index in [2.05, 4.69) is 20.9 Å². The highest BCUT2D eigenvalue weighted by Crippen LogP contribution is 2.31. The Morgan fingerprint density at radius 2 is 1.62 bits per heavy atom. The van der Waals surface area contributed by atoms with Crippen LogP contribution in [0.1, 0.15) is 43.2 Å². The Kier molecular flexibility index (Phi) is 9.88. The number of nitrogens with one attached hydrogen (secondary N) is 3. The Morgan fingerprint density at radius 3 is 2.35 bits per heavy atom. The van der Waals surface area contributed by atoms with E-state index in [1.54, 1.807) is 0 Å². The standard InChI is InChI=1S/C27H32N4O3S3/c1-17-7-6-8-18(2)26(17)31-24(33)15-35-14-23(32)29-20-11-12-21-22(13-20)37-27(30-21)36-16-25(34)28-19-9-4-3-5-10-19/h6-8,11-13,19H,3-5,9-10,14-16H2,1-2H3,(H,28,34)(H,29,32)(H,31,33). The minimum absolute atomic E-state index is 0.0596. The number of aromatic nitrogens is 1. The molecule has 1 aliphatic carbocycles. The molecule has 0 atom stereocenters. The lowest BCUT2D eigenvalue weighted by Crippen LogP contribution is -2.37. The number of para-hydroxylation sites is 1. The van der Waals surface area contributed by atoms with Crippen molar-refractivity contribution >= 4 is 74.2 Å². The summed E-state index contributed by atoms with van der Waals surface area (Å²) in [5.41, 5.74) is 4.39. The third-order valence-corrected chi connectivity index (χ3v) is 9.26. The number of carbonyl (C=O) groups excluding carboxylic acids is 3. The maximum Gasteiger partial charge on any atom is 0.234 e. The SMILES string of the molecule is Cc1cccc(C)c1NC(=O)CSCC(=O)Nc1ccc2nc(SCC(=O)NC3CCCCC3)sc2c1. The molecule has 196 valence electrons. The smallest absolute Gasteiger partial charge is 0.234 e. The lowest BCUT2D eigenvalue weighted by atomic mass is 9.95. The molecule has 0 radical (unpaired) electrons. The van der Waals surface area contributed by atoms with Gasteiger partial charge in [-0.25, -0.2) is 4.98 Å². The van der Waals surface area contributed by atoms with Crippen molar-refractivity contribution in [3.63, 3.8) is 0 Å². The van der Waals surface area contributed by atoms with Crippen LogP contribution in [0.15, 0.2) is 40.7 Å². The lowest BCUT2D eigenvalue weighted by Gasteiger charge is -2.22. The molecule has 4 rings (SSSR count). The van der Waals surface area contributed by atoms with Gasteiger partial charge in [-0.05, 0) is 56.0 Å². The summed E-state index contributed by atoms with van der Waals surface area (Å²) in [6, 6.07) is 11.8. The fraction of sp³-hybridized carbons (Fsp3) is 0.407. The molecular weight excluding hydrogens is 525 g/mol. The van der Waals surface area contributed by atoms with Crippen LogP contribution in [0.25, 0.3) is 10.2 Å². The monoisotopic (exact) mass is 556 g/mol. The Labute approximate surface area is 230 Å². The molecular formula is C27H32N4O3S3. The number of nitrogens with zero attached hydrogens (tertiary/aromatic N) is 1. The van der Waals surface area contributed by atoms with Crippen LogP contribution in [0.3, 0.4) is 0 Å². The van der Waals surface area contributed by atoms with Gasteiger partial charge in [-0.2, -0.15) is 0 Å². The molecule has 1 aliphatic rings. The van der Waals surface area contributed by atoms with Crippen LogP contribution >= 0.6 is 34.9 Å². The largest absolute Gasteiger partial charge is 0.353 e. The zero-order chi connectivity index (χ0) is 26.2. The van der Waals surface area contributed by atoms with Gasteiger partial charge in [0.25, 0.3) is 0 Å². The molecule has 3 N–H and O–H groups in total. The molecule has 7 nitrogen and oxygen atoms in total. The van der Waals surface area contributed by atoms with E-state index in [-0.39, 0.29) is 29.2 Å². The van der Waals surface area contributed by atoms with Gasteiger partial charge < -0.3 is 16.0 Å². The molecule has 1 heterocycles. The molecule has 0 spiro atoms. The number of benzene rings is 2. The van der Waals surface area contributed by atoms with Gasteiger partial charge in [0.15, 0.2) is 4.34 Å². The topological polar surface area (TPSA) is 100 Å². The summed E-state index contributed by atoms with van der Waals surface area (Å²) in [4.78, 5) is 41.6. The summed E-state index contributed by atoms with van der Waals surface area (Å²) in [5, 5.41) is 8.97. The molecule has 37 heavy (non-hydrogen) atoms. The van der Waals surface area contributed by atoms with Crippen molar-refractivity contribution in [1.82, 2.24) is 10.3 Å². The predicted octanol–water partition coefficient (Wildman–Crippen LogP) is 5.76. The van der Waals surface area contributed by atoms with Crippen molar-refractivity contribution in [3.05, 3.63) is 47.5 Å². The van der Waals surface area contributed by atoms with Crippen LogP contribution in [-0.4, -0.2) is 46.0 Å². The molecule has 0 saturated heterocycles. The van der Waals surface area contributed by atoms with Crippen LogP contribution in [-0.2, 0) is 14.4 Å². The van der Waals surface area contributed by atoms with Crippen molar-refractivity contribution in [1.29, 1.82) is 0 Å². The maximum atomic E-state index is 12.4. The fourth-order valence-corrected chi connectivity index (χ4v) is 6.84. The minimum Gasteiger partial charge on any atom is -0.353 e. The normalized spacial score (nSPS) is 13.9. The first-order valence-corrected chi connectivity index (χ1v) is 15.4. The number of fused-ring (bicyclic) bond motifs is 1. The third-order valence-electron chi connectivity index (χ3n) is 6.16. The second-order valence-corrected chi connectivity index (χ2v) is 12.4. The van der Waals surface area contributed by atoms with Gasteiger partial charge in [0.05, 0.1) is 27.5 Å². The minimum atomic E-state index is -0.164. The van der Waals surface area contributed by atoms with Crippen LogP contribution < -0.4 is 16.0 Å². The zero-order valence-electron chi connectivity index (χ0n) is 21.1. The van der Waals surface area contributed by atoms with E-state index in [0.29, 0.717) is 17.5 Å². The molecule has 1 aromatic heterocycles. The van der Waals surface area contributed by atoms with Gasteiger partial charge in [-0.15, -0.1) is 23.1 Å². The zero-order valence-corrected chi connectivity index (χ0v) is 23.5. The van der Waals surface area contributed by atoms with E-state index >= 15 is 0 Å². The molecule has 0 aliphatic heterocycles. The fourth-order valence-electron chi connectivity index (χ4n) is 4.31. The van der Waals surface area contributed by atoms with E-state index < -0.39 is 0 Å². The molecule has 3 amide bonds. The number of aryl methyl sites for hydroxylation is 2. The van der Waals surface area contributed by atoms with Gasteiger partial charge in [-0.1, -0.05) is 49.2 Å². The van der Waals surface area contributed by atoms with Crippen LogP contribution in [0.5, 0.6) is 0 Å². The van der Waals surface area contributed by atoms with E-state index in [0.717, 1.165) is 44.2 Å². The first-order valence-electron chi connectivity index (χ1n) is 12.4. The maximum absolute atomic E-state index is 12.4. The van der Waals surface area contributed by atoms with E-state index in [4.69, 9.17) is 0 Å². The summed E-state index contributed by atoms with van der Waals surface area (Å²) in [6.07, 6.45) is 5.79. The number of thiazole rings is 1. The van der Waals surface area contributed by atoms with Gasteiger partial charge in [0, 0.05) is 17.4 Å². The number of thioether (sulfide) groups is 2. The van der Waals surface area contributed by atoms with Crippen molar-refractivity contribution in [2.75, 3.05) is 27.9 Å². The summed E-state index contributed by atoms with van der Waals surface area (Å²) in [7, 11) is 0. The Balaban J connectivity index is 1.21. The van der Waals surface area contributed by atoms with Crippen molar-refractivity contribution in [3.8, 4) is 0 Å². The third kappa shape index (κ3) is 8.21. The Hall–Kier alpha value is -2.56. The average molecular weight is 557 g/mol. The highest BCUT2D eigenvalue weighted by atomic mass is 32.2. The van der Waals surface area contributed by atoms with Crippen molar-refractivity contribution in [2.24, 2.45) is 0 Å². The number of anilines is 2. The summed E-state index contributed by atoms with van der Waals surface area (Å²) in [5.74, 6) is 0.502. The van der Waals surface area contributed by atoms with E-state index in [1.165, 1.54) is 54.1 Å². The first-order chi connectivity index (χ1) is 17.9. The highest BCUT2D eigenvalue weighted by Gasteiger charge is 2.16. The first kappa shape index (κ1) is 27.5. The summed E-state index contributed by atoms with van der Waals surface area (Å²) in [6.45, 7) is 3.92. The van der Waals surface area contributed by atoms with Crippen molar-refractivity contribution in [2.45, 2.75) is 56.3 Å². The Morgan fingerprint density at radius 1 is 0.919 bits per heavy atom. The second-order valence-electron chi connectivity index (χ2n) is 9.21. The molecule has 1 fully saturated rings. The van der Waals surface area contributed by atoms with Crippen LogP contribution in [0.2, 0.25) is 0 Å². The summed E-state index contributed by atoms with van der Waals surface area (Å²) < 4.78 is 1.79. The number of amides is 3. The molecule has 0 unspecified atom stereocenters. The molecule has 2 aromatic carbocycles. The lowest BCUT2D eigenvalue weighted by molar-refractivity contribution is -0.119. The average Bonchev–Trinajstić information content (AvgIpc) is 3.28. The van der Waals surface area contributed by atoms with Gasteiger partial charge in [0.2, 0.25) is 17.7 Å². The van der Waals surface area contributed by atoms with E-state index in [9.17, 15) is 14.4 Å². The van der Waals surface area contributed by atoms with E-state index in [1.807, 2.05) is 50.2 Å². The van der Waals surface area contributed by atoms with Crippen LogP contribution in [0, 0.1) is 13.8 Å². The molecule has 3 aromatic rings. The molecule has 10 heteroatoms. The molecule has 0 bridgehead atoms. The quantitative estimate of drug-likeness (QED) is 0.274. The van der Waals surface area contributed by atoms with Crippen molar-refractivity contribution < 1.29 is 14.4 Å². The van der Waals surface area contributed by atoms with Gasteiger partial charge in [0.1, 0.15) is 0 Å². The van der Waals surface area contributed by atoms with Crippen LogP contribution in [0.4, 0.5) is 11.4 Å².